The van der Waals surface area contributed by atoms with E-state index >= 15 is 0 Å². The Balaban J connectivity index is 1.76. The Bertz CT molecular complexity index is 453. The Labute approximate surface area is 162 Å². The van der Waals surface area contributed by atoms with Gasteiger partial charge in [-0.2, -0.15) is 11.8 Å². The number of ether oxygens (including phenoxy) is 1. The molecular formula is C19H36N4O2S. The number of aliphatic imine (C=N–C) groups is 1. The molecule has 7 heteroatoms. The van der Waals surface area contributed by atoms with Crippen molar-refractivity contribution in [3.8, 4) is 0 Å². The zero-order chi connectivity index (χ0) is 18.7. The van der Waals surface area contributed by atoms with Crippen molar-refractivity contribution in [2.75, 3.05) is 52.2 Å². The molecule has 2 fully saturated rings. The van der Waals surface area contributed by atoms with Gasteiger partial charge in [0.25, 0.3) is 0 Å². The Morgan fingerprint density at radius 1 is 1.27 bits per heavy atom. The standard InChI is InChI=1S/C19H36N4O2S/c1-3-20-18(22-16-19(26-2)9-14-25-15-10-19)21-11-7-13-23-12-6-4-5-8-17(23)24/h3-16H2,1-2H3,(H2,20,21,22). The fraction of sp³-hybridized carbons (Fsp3) is 0.895. The SMILES string of the molecule is CCNC(=NCC1(SC)CCOCC1)NCCCN1CCCCCC1=O. The molecule has 2 rings (SSSR count). The number of nitrogens with zero attached hydrogens (tertiary/aromatic N) is 2. The van der Waals surface area contributed by atoms with Crippen LogP contribution in [-0.2, 0) is 9.53 Å². The van der Waals surface area contributed by atoms with Gasteiger partial charge in [-0.3, -0.25) is 9.79 Å². The minimum atomic E-state index is 0.207. The molecule has 2 heterocycles. The Morgan fingerprint density at radius 3 is 2.81 bits per heavy atom. The van der Waals surface area contributed by atoms with Gasteiger partial charge in [-0.1, -0.05) is 6.42 Å². The van der Waals surface area contributed by atoms with E-state index < -0.39 is 0 Å². The molecule has 0 radical (unpaired) electrons. The first-order valence-electron chi connectivity index (χ1n) is 10.1. The molecule has 150 valence electrons. The highest BCUT2D eigenvalue weighted by Crippen LogP contribution is 2.33. The summed E-state index contributed by atoms with van der Waals surface area (Å²) in [4.78, 5) is 18.9. The third-order valence-electron chi connectivity index (χ3n) is 5.28. The lowest BCUT2D eigenvalue weighted by Crippen LogP contribution is -2.42. The van der Waals surface area contributed by atoms with Crippen LogP contribution in [0.4, 0.5) is 0 Å². The summed E-state index contributed by atoms with van der Waals surface area (Å²) in [5.74, 6) is 1.21. The molecule has 2 saturated heterocycles. The molecule has 6 nitrogen and oxygen atoms in total. The third kappa shape index (κ3) is 6.99. The third-order valence-corrected chi connectivity index (χ3v) is 6.68. The number of thioether (sulfide) groups is 1. The van der Waals surface area contributed by atoms with E-state index in [2.05, 4.69) is 23.8 Å². The number of hydrogen-bond acceptors (Lipinski definition) is 4. The average molecular weight is 385 g/mol. The Morgan fingerprint density at radius 2 is 2.08 bits per heavy atom. The van der Waals surface area contributed by atoms with Crippen molar-refractivity contribution in [2.45, 2.75) is 56.6 Å². The first kappa shape index (κ1) is 21.4. The van der Waals surface area contributed by atoms with Crippen molar-refractivity contribution in [1.29, 1.82) is 0 Å². The Kier molecular flexibility index (Phi) is 9.61. The van der Waals surface area contributed by atoms with Crippen LogP contribution in [0.5, 0.6) is 0 Å². The zero-order valence-electron chi connectivity index (χ0n) is 16.5. The molecule has 0 bridgehead atoms. The summed E-state index contributed by atoms with van der Waals surface area (Å²) >= 11 is 1.92. The van der Waals surface area contributed by atoms with Crippen LogP contribution in [0.2, 0.25) is 0 Å². The van der Waals surface area contributed by atoms with Crippen molar-refractivity contribution in [3.05, 3.63) is 0 Å². The van der Waals surface area contributed by atoms with Gasteiger partial charge >= 0.3 is 0 Å². The summed E-state index contributed by atoms with van der Waals surface area (Å²) in [5, 5.41) is 6.77. The number of likely N-dealkylation sites (tertiary alicyclic amines) is 1. The quantitative estimate of drug-likeness (QED) is 0.382. The molecule has 0 atom stereocenters. The maximum atomic E-state index is 12.0. The minimum absolute atomic E-state index is 0.207. The summed E-state index contributed by atoms with van der Waals surface area (Å²) in [7, 11) is 0. The molecule has 1 amide bonds. The first-order valence-corrected chi connectivity index (χ1v) is 11.3. The van der Waals surface area contributed by atoms with E-state index in [4.69, 9.17) is 9.73 Å². The lowest BCUT2D eigenvalue weighted by atomic mass is 9.99. The number of hydrogen-bond donors (Lipinski definition) is 2. The molecule has 0 spiro atoms. The highest BCUT2D eigenvalue weighted by molar-refractivity contribution is 8.00. The Hall–Kier alpha value is -0.950. The van der Waals surface area contributed by atoms with E-state index in [-0.39, 0.29) is 4.75 Å². The van der Waals surface area contributed by atoms with Crippen LogP contribution in [0.25, 0.3) is 0 Å². The van der Waals surface area contributed by atoms with Gasteiger partial charge in [0.15, 0.2) is 5.96 Å². The molecule has 0 aromatic rings. The monoisotopic (exact) mass is 384 g/mol. The van der Waals surface area contributed by atoms with Gasteiger partial charge in [0, 0.05) is 50.6 Å². The molecule has 26 heavy (non-hydrogen) atoms. The van der Waals surface area contributed by atoms with E-state index in [1.54, 1.807) is 0 Å². The van der Waals surface area contributed by atoms with Crippen LogP contribution in [0.15, 0.2) is 4.99 Å². The maximum Gasteiger partial charge on any atom is 0.222 e. The fourth-order valence-electron chi connectivity index (χ4n) is 3.49. The maximum absolute atomic E-state index is 12.0. The van der Waals surface area contributed by atoms with Crippen LogP contribution in [0.3, 0.4) is 0 Å². The molecule has 2 aliphatic heterocycles. The lowest BCUT2D eigenvalue weighted by Gasteiger charge is -2.34. The predicted molar refractivity (Wildman–Crippen MR) is 110 cm³/mol. The number of carbonyl (C=O) groups is 1. The topological polar surface area (TPSA) is 66.0 Å². The summed E-state index contributed by atoms with van der Waals surface area (Å²) in [6, 6.07) is 0. The zero-order valence-corrected chi connectivity index (χ0v) is 17.3. The first-order chi connectivity index (χ1) is 12.7. The minimum Gasteiger partial charge on any atom is -0.381 e. The molecule has 0 saturated carbocycles. The molecular weight excluding hydrogens is 348 g/mol. The van der Waals surface area contributed by atoms with Crippen LogP contribution in [0, 0.1) is 0 Å². The van der Waals surface area contributed by atoms with E-state index in [1.165, 1.54) is 6.42 Å². The van der Waals surface area contributed by atoms with Gasteiger partial charge in [0.1, 0.15) is 0 Å². The number of rotatable bonds is 8. The van der Waals surface area contributed by atoms with Crippen LogP contribution < -0.4 is 10.6 Å². The summed E-state index contributed by atoms with van der Waals surface area (Å²) in [5.41, 5.74) is 0. The lowest BCUT2D eigenvalue weighted by molar-refractivity contribution is -0.130. The van der Waals surface area contributed by atoms with Crippen molar-refractivity contribution in [2.24, 2.45) is 4.99 Å². The highest BCUT2D eigenvalue weighted by atomic mass is 32.2. The van der Waals surface area contributed by atoms with E-state index in [0.29, 0.717) is 5.91 Å². The van der Waals surface area contributed by atoms with Gasteiger partial charge in [0.05, 0.1) is 6.54 Å². The average Bonchev–Trinajstić information content (AvgIpc) is 2.88. The van der Waals surface area contributed by atoms with E-state index in [9.17, 15) is 4.79 Å². The second-order valence-corrected chi connectivity index (χ2v) is 8.44. The highest BCUT2D eigenvalue weighted by Gasteiger charge is 2.31. The van der Waals surface area contributed by atoms with Gasteiger partial charge in [-0.25, -0.2) is 0 Å². The molecule has 0 unspecified atom stereocenters. The van der Waals surface area contributed by atoms with Crippen molar-refractivity contribution in [1.82, 2.24) is 15.5 Å². The molecule has 2 aliphatic rings. The molecule has 0 aliphatic carbocycles. The largest absolute Gasteiger partial charge is 0.381 e. The van der Waals surface area contributed by atoms with E-state index in [0.717, 1.165) is 90.4 Å². The van der Waals surface area contributed by atoms with Crippen molar-refractivity contribution >= 4 is 23.6 Å². The summed E-state index contributed by atoms with van der Waals surface area (Å²) < 4.78 is 5.72. The second-order valence-electron chi connectivity index (χ2n) is 7.17. The van der Waals surface area contributed by atoms with Crippen molar-refractivity contribution in [3.63, 3.8) is 0 Å². The predicted octanol–water partition coefficient (Wildman–Crippen LogP) is 2.25. The number of guanidine groups is 1. The summed E-state index contributed by atoms with van der Waals surface area (Å²) in [6.07, 6.45) is 9.36. The smallest absolute Gasteiger partial charge is 0.222 e. The molecule has 0 aromatic carbocycles. The molecule has 2 N–H and O–H groups in total. The fourth-order valence-corrected chi connectivity index (χ4v) is 4.26. The van der Waals surface area contributed by atoms with Crippen molar-refractivity contribution < 1.29 is 9.53 Å². The van der Waals surface area contributed by atoms with Crippen LogP contribution >= 0.6 is 11.8 Å². The van der Waals surface area contributed by atoms with E-state index in [1.807, 2.05) is 16.7 Å². The van der Waals surface area contributed by atoms with Gasteiger partial charge in [0.2, 0.25) is 5.91 Å². The van der Waals surface area contributed by atoms with Gasteiger partial charge in [-0.05, 0) is 45.3 Å². The van der Waals surface area contributed by atoms with Crippen LogP contribution in [0.1, 0.15) is 51.9 Å². The number of nitrogens with one attached hydrogen (secondary N) is 2. The number of carbonyl (C=O) groups excluding carboxylic acids is 1. The number of amides is 1. The van der Waals surface area contributed by atoms with Crippen LogP contribution in [-0.4, -0.2) is 73.7 Å². The van der Waals surface area contributed by atoms with Gasteiger partial charge < -0.3 is 20.3 Å². The van der Waals surface area contributed by atoms with Gasteiger partial charge in [-0.15, -0.1) is 0 Å². The summed E-state index contributed by atoms with van der Waals surface area (Å²) in [6.45, 7) is 8.04. The second kappa shape index (κ2) is 11.7. The molecule has 0 aromatic heterocycles. The normalized spacial score (nSPS) is 21.4.